The van der Waals surface area contributed by atoms with Crippen LogP contribution in [0.1, 0.15) is 194 Å². The van der Waals surface area contributed by atoms with E-state index in [0.717, 1.165) is 38.5 Å². The van der Waals surface area contributed by atoms with Crippen LogP contribution < -0.4 is 113 Å². The number of carboxylic acid groups (broad SMARTS) is 2. The number of hydrogen-bond donors (Lipinski definition) is 1. The number of unbranched alkanes of at least 4 members (excludes halogenated alkanes) is 24. The zero-order valence-electron chi connectivity index (χ0n) is 29.2. The Balaban J connectivity index is -0.00000840. The quantitative estimate of drug-likeness (QED) is 0.0644. The molecule has 0 fully saturated rings. The second-order valence-corrected chi connectivity index (χ2v) is 14.1. The molecule has 0 aliphatic rings. The van der Waals surface area contributed by atoms with Gasteiger partial charge in [0.2, 0.25) is 0 Å². The minimum Gasteiger partial charge on any atom is -0.549 e. The van der Waals surface area contributed by atoms with Crippen molar-refractivity contribution in [1.82, 2.24) is 0 Å². The Morgan fingerprint density at radius 3 is 0.932 bits per heavy atom. The molecular weight excluding hydrogens is 631 g/mol. The number of carbonyl (C=O) groups is 2. The third-order valence-electron chi connectivity index (χ3n) is 8.87. The van der Waals surface area contributed by atoms with Gasteiger partial charge in [0.05, 0.1) is 5.97 Å². The fourth-order valence-corrected chi connectivity index (χ4v) is 7.39. The van der Waals surface area contributed by atoms with Crippen molar-refractivity contribution in [2.75, 3.05) is 0 Å². The Morgan fingerprint density at radius 1 is 0.523 bits per heavy atom. The van der Waals surface area contributed by atoms with Crippen molar-refractivity contribution in [3.8, 4) is 0 Å². The van der Waals surface area contributed by atoms with Crippen molar-refractivity contribution in [1.29, 1.82) is 0 Å². The van der Waals surface area contributed by atoms with Gasteiger partial charge in [-0.05, 0) is 12.8 Å². The van der Waals surface area contributed by atoms with Gasteiger partial charge in [0.1, 0.15) is 5.25 Å². The monoisotopic (exact) mass is 694 g/mol. The van der Waals surface area contributed by atoms with Crippen molar-refractivity contribution in [2.24, 2.45) is 5.41 Å². The van der Waals surface area contributed by atoms with Gasteiger partial charge < -0.3 is 19.8 Å². The summed E-state index contributed by atoms with van der Waals surface area (Å²) >= 11 is 0. The molecule has 0 spiro atoms. The van der Waals surface area contributed by atoms with Crippen LogP contribution in [0, 0.1) is 5.41 Å². The SMILES string of the molecule is CCCCCCCCCCCCCCCC(CCCCCCCCCCCCCCC)(C(=O)[O-])C(C(=O)[O-])S(=O)(=O)O.[K+].[K+]. The molecule has 7 nitrogen and oxygen atoms in total. The molecule has 0 aliphatic heterocycles. The van der Waals surface area contributed by atoms with Crippen LogP contribution in [0.5, 0.6) is 0 Å². The van der Waals surface area contributed by atoms with E-state index in [2.05, 4.69) is 13.8 Å². The number of carboxylic acids is 2. The van der Waals surface area contributed by atoms with Gasteiger partial charge in [-0.2, -0.15) is 8.42 Å². The zero-order valence-corrected chi connectivity index (χ0v) is 36.2. The maximum absolute atomic E-state index is 12.3. The summed E-state index contributed by atoms with van der Waals surface area (Å²) in [6, 6.07) is 0. The smallest absolute Gasteiger partial charge is 0.549 e. The first-order valence-electron chi connectivity index (χ1n) is 17.5. The summed E-state index contributed by atoms with van der Waals surface area (Å²) in [6.45, 7) is 4.44. The largest absolute Gasteiger partial charge is 1.00 e. The molecule has 0 aromatic carbocycles. The first kappa shape index (κ1) is 50.5. The molecule has 1 unspecified atom stereocenters. The Kier molecular flexibility index (Phi) is 38.6. The summed E-state index contributed by atoms with van der Waals surface area (Å²) in [6.07, 6.45) is 28.0. The molecule has 1 atom stereocenters. The Bertz CT molecular complexity index is 748. The van der Waals surface area contributed by atoms with Gasteiger partial charge in [0.25, 0.3) is 10.1 Å². The molecule has 0 bridgehead atoms. The Morgan fingerprint density at radius 2 is 0.750 bits per heavy atom. The predicted octanol–water partition coefficient (Wildman–Crippen LogP) is 1.70. The Labute approximate surface area is 356 Å². The van der Waals surface area contributed by atoms with E-state index in [1.807, 2.05) is 0 Å². The average Bonchev–Trinajstić information content (AvgIpc) is 2.92. The van der Waals surface area contributed by atoms with Crippen LogP contribution >= 0.6 is 0 Å². The molecule has 0 amide bonds. The van der Waals surface area contributed by atoms with Gasteiger partial charge in [-0.1, -0.05) is 181 Å². The summed E-state index contributed by atoms with van der Waals surface area (Å²) in [5.74, 6) is -3.81. The van der Waals surface area contributed by atoms with Gasteiger partial charge >= 0.3 is 103 Å². The predicted molar refractivity (Wildman–Crippen MR) is 168 cm³/mol. The van der Waals surface area contributed by atoms with E-state index < -0.39 is 32.7 Å². The average molecular weight is 695 g/mol. The number of aliphatic carboxylic acids is 2. The van der Waals surface area contributed by atoms with E-state index in [9.17, 15) is 32.8 Å². The first-order chi connectivity index (χ1) is 20.1. The van der Waals surface area contributed by atoms with E-state index in [1.165, 1.54) is 103 Å². The second kappa shape index (κ2) is 33.6. The van der Waals surface area contributed by atoms with E-state index in [-0.39, 0.29) is 116 Å². The Hall–Kier alpha value is 2.12. The molecule has 0 rings (SSSR count). The van der Waals surface area contributed by atoms with Crippen LogP contribution in [-0.2, 0) is 19.7 Å². The summed E-state index contributed by atoms with van der Waals surface area (Å²) in [4.78, 5) is 24.2. The van der Waals surface area contributed by atoms with Gasteiger partial charge in [-0.3, -0.25) is 4.55 Å². The van der Waals surface area contributed by atoms with Gasteiger partial charge in [-0.15, -0.1) is 0 Å². The van der Waals surface area contributed by atoms with Crippen molar-refractivity contribution in [3.63, 3.8) is 0 Å². The van der Waals surface area contributed by atoms with Crippen LogP contribution in [0.15, 0.2) is 0 Å². The van der Waals surface area contributed by atoms with Gasteiger partial charge in [0.15, 0.2) is 0 Å². The van der Waals surface area contributed by atoms with E-state index in [4.69, 9.17) is 0 Å². The maximum atomic E-state index is 12.3. The number of carbonyl (C=O) groups excluding carboxylic acids is 2. The summed E-state index contributed by atoms with van der Waals surface area (Å²) in [7, 11) is -5.19. The molecule has 1 N–H and O–H groups in total. The van der Waals surface area contributed by atoms with Crippen LogP contribution in [0.2, 0.25) is 0 Å². The minimum atomic E-state index is -5.19. The molecule has 0 aromatic heterocycles. The number of hydrogen-bond acceptors (Lipinski definition) is 6. The molecule has 10 heteroatoms. The van der Waals surface area contributed by atoms with Crippen molar-refractivity contribution in [3.05, 3.63) is 0 Å². The van der Waals surface area contributed by atoms with E-state index >= 15 is 0 Å². The van der Waals surface area contributed by atoms with Crippen LogP contribution in [0.4, 0.5) is 0 Å². The topological polar surface area (TPSA) is 135 Å². The van der Waals surface area contributed by atoms with Gasteiger partial charge in [0, 0.05) is 11.4 Å². The van der Waals surface area contributed by atoms with Crippen molar-refractivity contribution in [2.45, 2.75) is 199 Å². The van der Waals surface area contributed by atoms with Crippen LogP contribution in [-0.4, -0.2) is 30.2 Å². The summed E-state index contributed by atoms with van der Waals surface area (Å²) in [5.41, 5.74) is -2.19. The summed E-state index contributed by atoms with van der Waals surface area (Å²) < 4.78 is 33.8. The molecular formula is C34H64K2O7S. The fourth-order valence-electron chi connectivity index (χ4n) is 6.25. The third kappa shape index (κ3) is 26.0. The molecule has 250 valence electrons. The molecule has 0 saturated carbocycles. The molecule has 0 radical (unpaired) electrons. The molecule has 0 saturated heterocycles. The van der Waals surface area contributed by atoms with E-state index in [1.54, 1.807) is 0 Å². The molecule has 0 heterocycles. The first-order valence-corrected chi connectivity index (χ1v) is 19.0. The second-order valence-electron chi connectivity index (χ2n) is 12.6. The maximum Gasteiger partial charge on any atom is 1.00 e. The van der Waals surface area contributed by atoms with E-state index in [0.29, 0.717) is 25.7 Å². The normalized spacial score (nSPS) is 12.3. The van der Waals surface area contributed by atoms with Crippen molar-refractivity contribution < 1.29 is 136 Å². The minimum absolute atomic E-state index is 0. The third-order valence-corrected chi connectivity index (χ3v) is 10.1. The molecule has 0 aromatic rings. The van der Waals surface area contributed by atoms with Crippen LogP contribution in [0.3, 0.4) is 0 Å². The van der Waals surface area contributed by atoms with Crippen molar-refractivity contribution >= 4 is 22.1 Å². The standard InChI is InChI=1S/C34H66O7S.2K/c1-3-5-7-9-11-13-15-17-19-21-23-25-27-29-34(33(37)38,31(32(35)36)42(39,40)41)30-28-26-24-22-20-18-16-14-12-10-8-6-4-2;;/h31H,3-30H2,1-2H3,(H,35,36)(H,37,38)(H,39,40,41);;/q;2*+1/p-2. The van der Waals surface area contributed by atoms with Gasteiger partial charge in [-0.25, -0.2) is 0 Å². The van der Waals surface area contributed by atoms with Crippen LogP contribution in [0.25, 0.3) is 0 Å². The zero-order chi connectivity index (χ0) is 31.5. The number of rotatable bonds is 32. The summed E-state index contributed by atoms with van der Waals surface area (Å²) in [5, 5.41) is 21.6. The molecule has 0 aliphatic carbocycles. The fraction of sp³-hybridized carbons (Fsp3) is 0.941. The molecule has 44 heavy (non-hydrogen) atoms.